The zero-order valence-corrected chi connectivity index (χ0v) is 15.6. The standard InChI is InChI=1S/C21H15ClN2O4/c1-28-17-6-7-19(25)18(9-17)20(26)15-8-14(10-23)21(27)24(12-15)11-13-2-4-16(22)5-3-13/h2-9,12,25H,11H2,1H3. The molecule has 0 saturated carbocycles. The first-order valence-electron chi connectivity index (χ1n) is 8.23. The zero-order chi connectivity index (χ0) is 20.3. The van der Waals surface area contributed by atoms with Gasteiger partial charge in [-0.25, -0.2) is 0 Å². The lowest BCUT2D eigenvalue weighted by Crippen LogP contribution is -2.24. The number of nitrogens with zero attached hydrogens (tertiary/aromatic N) is 2. The average Bonchev–Trinajstić information content (AvgIpc) is 2.71. The van der Waals surface area contributed by atoms with E-state index < -0.39 is 11.3 Å². The molecule has 0 atom stereocenters. The summed E-state index contributed by atoms with van der Waals surface area (Å²) < 4.78 is 6.37. The van der Waals surface area contributed by atoms with Gasteiger partial charge in [0.25, 0.3) is 5.56 Å². The van der Waals surface area contributed by atoms with Crippen molar-refractivity contribution in [2.45, 2.75) is 6.54 Å². The van der Waals surface area contributed by atoms with Crippen LogP contribution in [0.4, 0.5) is 0 Å². The average molecular weight is 395 g/mol. The quantitative estimate of drug-likeness (QED) is 0.670. The van der Waals surface area contributed by atoms with Gasteiger partial charge in [-0.3, -0.25) is 9.59 Å². The summed E-state index contributed by atoms with van der Waals surface area (Å²) in [4.78, 5) is 25.4. The van der Waals surface area contributed by atoms with Crippen LogP contribution in [0.5, 0.6) is 11.5 Å². The Morgan fingerprint density at radius 1 is 1.21 bits per heavy atom. The number of carbonyl (C=O) groups is 1. The van der Waals surface area contributed by atoms with Gasteiger partial charge in [-0.05, 0) is 42.0 Å². The Labute approximate surface area is 165 Å². The molecule has 2 aromatic carbocycles. The molecular formula is C21H15ClN2O4. The summed E-state index contributed by atoms with van der Waals surface area (Å²) in [6, 6.07) is 14.2. The van der Waals surface area contributed by atoms with Crippen LogP contribution >= 0.6 is 11.6 Å². The van der Waals surface area contributed by atoms with Crippen molar-refractivity contribution in [3.63, 3.8) is 0 Å². The Hall–Kier alpha value is -3.56. The number of hydrogen-bond donors (Lipinski definition) is 1. The molecule has 0 fully saturated rings. The van der Waals surface area contributed by atoms with Crippen LogP contribution in [0.2, 0.25) is 5.02 Å². The highest BCUT2D eigenvalue weighted by atomic mass is 35.5. The highest BCUT2D eigenvalue weighted by molar-refractivity contribution is 6.30. The van der Waals surface area contributed by atoms with Crippen molar-refractivity contribution < 1.29 is 14.6 Å². The fraction of sp³-hybridized carbons (Fsp3) is 0.0952. The molecule has 0 bridgehead atoms. The van der Waals surface area contributed by atoms with Crippen LogP contribution in [0.15, 0.2) is 59.5 Å². The number of aromatic nitrogens is 1. The lowest BCUT2D eigenvalue weighted by Gasteiger charge is -2.11. The molecule has 28 heavy (non-hydrogen) atoms. The van der Waals surface area contributed by atoms with Crippen LogP contribution in [-0.2, 0) is 6.54 Å². The number of ether oxygens (including phenoxy) is 1. The van der Waals surface area contributed by atoms with Gasteiger partial charge < -0.3 is 14.4 Å². The second-order valence-corrected chi connectivity index (χ2v) is 6.46. The fourth-order valence-corrected chi connectivity index (χ4v) is 2.85. The summed E-state index contributed by atoms with van der Waals surface area (Å²) in [5.74, 6) is -0.353. The lowest BCUT2D eigenvalue weighted by molar-refractivity contribution is 0.103. The van der Waals surface area contributed by atoms with Crippen molar-refractivity contribution in [3.8, 4) is 17.6 Å². The smallest absolute Gasteiger partial charge is 0.268 e. The lowest BCUT2D eigenvalue weighted by atomic mass is 10.0. The molecule has 0 aliphatic rings. The summed E-state index contributed by atoms with van der Waals surface area (Å²) in [6.07, 6.45) is 1.37. The third kappa shape index (κ3) is 3.90. The minimum atomic E-state index is -0.530. The third-order valence-electron chi connectivity index (χ3n) is 4.18. The number of phenolic OH excluding ortho intramolecular Hbond substituents is 1. The third-order valence-corrected chi connectivity index (χ3v) is 4.44. The van der Waals surface area contributed by atoms with E-state index in [9.17, 15) is 20.0 Å². The SMILES string of the molecule is COc1ccc(O)c(C(=O)c2cc(C#N)c(=O)n(Cc3ccc(Cl)cc3)c2)c1. The van der Waals surface area contributed by atoms with E-state index >= 15 is 0 Å². The molecule has 7 heteroatoms. The molecule has 1 N–H and O–H groups in total. The summed E-state index contributed by atoms with van der Waals surface area (Å²) in [5.41, 5.74) is 0.226. The molecule has 0 amide bonds. The number of rotatable bonds is 5. The van der Waals surface area contributed by atoms with Gasteiger partial charge in [0.15, 0.2) is 5.78 Å². The molecule has 0 aliphatic heterocycles. The number of hydrogen-bond acceptors (Lipinski definition) is 5. The number of ketones is 1. The molecule has 0 spiro atoms. The van der Waals surface area contributed by atoms with Gasteiger partial charge in [-0.2, -0.15) is 5.26 Å². The molecule has 3 rings (SSSR count). The van der Waals surface area contributed by atoms with Crippen LogP contribution in [0.1, 0.15) is 27.0 Å². The monoisotopic (exact) mass is 394 g/mol. The fourth-order valence-electron chi connectivity index (χ4n) is 2.72. The van der Waals surface area contributed by atoms with Gasteiger partial charge in [0.2, 0.25) is 0 Å². The number of pyridine rings is 1. The van der Waals surface area contributed by atoms with Crippen LogP contribution in [-0.4, -0.2) is 22.6 Å². The summed E-state index contributed by atoms with van der Waals surface area (Å²) >= 11 is 5.88. The van der Waals surface area contributed by atoms with E-state index in [0.29, 0.717) is 10.8 Å². The van der Waals surface area contributed by atoms with Gasteiger partial charge >= 0.3 is 0 Å². The van der Waals surface area contributed by atoms with Crippen molar-refractivity contribution in [3.05, 3.63) is 92.4 Å². The second-order valence-electron chi connectivity index (χ2n) is 6.03. The van der Waals surface area contributed by atoms with Crippen molar-refractivity contribution in [2.24, 2.45) is 0 Å². The first-order chi connectivity index (χ1) is 13.4. The maximum Gasteiger partial charge on any atom is 0.268 e. The van der Waals surface area contributed by atoms with E-state index in [4.69, 9.17) is 16.3 Å². The number of nitriles is 1. The van der Waals surface area contributed by atoms with Gasteiger partial charge in [0, 0.05) is 16.8 Å². The summed E-state index contributed by atoms with van der Waals surface area (Å²) in [6.45, 7) is 0.163. The van der Waals surface area contributed by atoms with Crippen LogP contribution in [0.3, 0.4) is 0 Å². The van der Waals surface area contributed by atoms with Crippen LogP contribution in [0.25, 0.3) is 0 Å². The number of phenols is 1. The highest BCUT2D eigenvalue weighted by Crippen LogP contribution is 2.25. The molecule has 1 heterocycles. The number of halogens is 1. The Bertz CT molecular complexity index is 1140. The molecule has 6 nitrogen and oxygen atoms in total. The van der Waals surface area contributed by atoms with E-state index in [1.807, 2.05) is 6.07 Å². The van der Waals surface area contributed by atoms with E-state index in [0.717, 1.165) is 5.56 Å². The zero-order valence-electron chi connectivity index (χ0n) is 14.8. The number of benzene rings is 2. The molecule has 0 radical (unpaired) electrons. The second kappa shape index (κ2) is 7.99. The maximum absolute atomic E-state index is 12.9. The van der Waals surface area contributed by atoms with Gasteiger partial charge in [0.05, 0.1) is 19.2 Å². The van der Waals surface area contributed by atoms with Crippen molar-refractivity contribution >= 4 is 17.4 Å². The van der Waals surface area contributed by atoms with E-state index in [2.05, 4.69) is 0 Å². The topological polar surface area (TPSA) is 92.3 Å². The van der Waals surface area contributed by atoms with E-state index in [1.165, 1.54) is 42.1 Å². The highest BCUT2D eigenvalue weighted by Gasteiger charge is 2.18. The number of carbonyl (C=O) groups excluding carboxylic acids is 1. The summed E-state index contributed by atoms with van der Waals surface area (Å²) in [7, 11) is 1.45. The Balaban J connectivity index is 2.07. The van der Waals surface area contributed by atoms with Crippen molar-refractivity contribution in [1.82, 2.24) is 4.57 Å². The first-order valence-corrected chi connectivity index (χ1v) is 8.61. The van der Waals surface area contributed by atoms with E-state index in [1.54, 1.807) is 24.3 Å². The molecule has 0 aliphatic carbocycles. The molecule has 0 saturated heterocycles. The summed E-state index contributed by atoms with van der Waals surface area (Å²) in [5, 5.41) is 19.9. The number of aromatic hydroxyl groups is 1. The van der Waals surface area contributed by atoms with Crippen molar-refractivity contribution in [2.75, 3.05) is 7.11 Å². The van der Waals surface area contributed by atoms with Crippen LogP contribution in [0, 0.1) is 11.3 Å². The molecular weight excluding hydrogens is 380 g/mol. The normalized spacial score (nSPS) is 10.3. The largest absolute Gasteiger partial charge is 0.507 e. The minimum absolute atomic E-state index is 0.0138. The first kappa shape index (κ1) is 19.2. The number of methoxy groups -OCH3 is 1. The Morgan fingerprint density at radius 2 is 1.93 bits per heavy atom. The van der Waals surface area contributed by atoms with Gasteiger partial charge in [-0.15, -0.1) is 0 Å². The Morgan fingerprint density at radius 3 is 2.57 bits per heavy atom. The van der Waals surface area contributed by atoms with E-state index in [-0.39, 0.29) is 29.0 Å². The molecule has 0 unspecified atom stereocenters. The Kier molecular flexibility index (Phi) is 5.48. The molecule has 3 aromatic rings. The van der Waals surface area contributed by atoms with Crippen LogP contribution < -0.4 is 10.3 Å². The predicted molar refractivity (Wildman–Crippen MR) is 104 cm³/mol. The maximum atomic E-state index is 12.9. The minimum Gasteiger partial charge on any atom is -0.507 e. The predicted octanol–water partition coefficient (Wildman–Crippen LogP) is 3.37. The molecule has 140 valence electrons. The van der Waals surface area contributed by atoms with Gasteiger partial charge in [0.1, 0.15) is 23.1 Å². The van der Waals surface area contributed by atoms with Gasteiger partial charge in [-0.1, -0.05) is 23.7 Å². The van der Waals surface area contributed by atoms with Crippen molar-refractivity contribution in [1.29, 1.82) is 5.26 Å². The molecule has 1 aromatic heterocycles.